The zero-order chi connectivity index (χ0) is 17.9. The summed E-state index contributed by atoms with van der Waals surface area (Å²) in [4.78, 5) is 27.6. The van der Waals surface area contributed by atoms with Crippen LogP contribution in [0.25, 0.3) is 0 Å². The average molecular weight is 354 g/mol. The SMILES string of the molecule is O=C(NC12CC3CC(CC(C3)C1)C2)C1c2ccccc2C(=O)N1CCO. The molecule has 4 bridgehead atoms. The molecule has 1 unspecified atom stereocenters. The molecular weight excluding hydrogens is 328 g/mol. The first-order valence-electron chi connectivity index (χ1n) is 9.91. The van der Waals surface area contributed by atoms with Gasteiger partial charge in [0.05, 0.1) is 6.61 Å². The lowest BCUT2D eigenvalue weighted by molar-refractivity contribution is -0.131. The molecule has 4 saturated carbocycles. The maximum absolute atomic E-state index is 13.3. The van der Waals surface area contributed by atoms with Gasteiger partial charge in [-0.1, -0.05) is 18.2 Å². The van der Waals surface area contributed by atoms with Crippen molar-refractivity contribution >= 4 is 11.8 Å². The molecule has 4 fully saturated rings. The zero-order valence-corrected chi connectivity index (χ0v) is 15.0. The number of hydrogen-bond acceptors (Lipinski definition) is 3. The first-order chi connectivity index (χ1) is 12.6. The van der Waals surface area contributed by atoms with Crippen LogP contribution in [0.1, 0.15) is 60.5 Å². The molecule has 5 nitrogen and oxygen atoms in total. The van der Waals surface area contributed by atoms with Crippen LogP contribution in [-0.4, -0.2) is 40.5 Å². The standard InChI is InChI=1S/C21H26N2O3/c24-6-5-23-18(16-3-1-2-4-17(16)20(23)26)19(25)22-21-10-13-7-14(11-21)9-15(8-13)12-21/h1-4,13-15,18,24H,5-12H2,(H,22,25). The number of aliphatic hydroxyl groups is 1. The summed E-state index contributed by atoms with van der Waals surface area (Å²) in [6, 6.07) is 6.74. The van der Waals surface area contributed by atoms with E-state index < -0.39 is 6.04 Å². The summed E-state index contributed by atoms with van der Waals surface area (Å²) in [5, 5.41) is 12.8. The van der Waals surface area contributed by atoms with E-state index in [2.05, 4.69) is 5.32 Å². The van der Waals surface area contributed by atoms with Crippen LogP contribution < -0.4 is 5.32 Å². The van der Waals surface area contributed by atoms with Crippen molar-refractivity contribution < 1.29 is 14.7 Å². The molecule has 1 heterocycles. The van der Waals surface area contributed by atoms with E-state index in [0.29, 0.717) is 5.56 Å². The van der Waals surface area contributed by atoms with Crippen molar-refractivity contribution in [3.63, 3.8) is 0 Å². The van der Waals surface area contributed by atoms with E-state index in [4.69, 9.17) is 0 Å². The molecule has 6 rings (SSSR count). The Labute approximate surface area is 153 Å². The fraction of sp³-hybridized carbons (Fsp3) is 0.619. The molecule has 2 amide bonds. The third-order valence-electron chi connectivity index (χ3n) is 7.07. The molecule has 1 aliphatic heterocycles. The summed E-state index contributed by atoms with van der Waals surface area (Å²) in [5.41, 5.74) is 1.29. The Morgan fingerprint density at radius 3 is 2.35 bits per heavy atom. The Hall–Kier alpha value is -1.88. The van der Waals surface area contributed by atoms with Crippen LogP contribution in [0.3, 0.4) is 0 Å². The van der Waals surface area contributed by atoms with Crippen molar-refractivity contribution in [2.45, 2.75) is 50.1 Å². The Bertz CT molecular complexity index is 724. The number of aliphatic hydroxyl groups excluding tert-OH is 1. The molecule has 0 saturated heterocycles. The van der Waals surface area contributed by atoms with Crippen molar-refractivity contribution in [1.82, 2.24) is 10.2 Å². The second kappa shape index (κ2) is 5.81. The zero-order valence-electron chi connectivity index (χ0n) is 15.0. The lowest BCUT2D eigenvalue weighted by Gasteiger charge is -2.57. The number of carbonyl (C=O) groups excluding carboxylic acids is 2. The number of nitrogens with zero attached hydrogens (tertiary/aromatic N) is 1. The minimum atomic E-state index is -0.612. The predicted octanol–water partition coefficient (Wildman–Crippen LogP) is 2.26. The highest BCUT2D eigenvalue weighted by Crippen LogP contribution is 2.55. The molecule has 0 radical (unpaired) electrons. The van der Waals surface area contributed by atoms with Gasteiger partial charge in [-0.3, -0.25) is 9.59 Å². The predicted molar refractivity (Wildman–Crippen MR) is 96.4 cm³/mol. The lowest BCUT2D eigenvalue weighted by Crippen LogP contribution is -2.61. The highest BCUT2D eigenvalue weighted by molar-refractivity contribution is 6.04. The number of nitrogens with one attached hydrogen (secondary N) is 1. The third kappa shape index (κ3) is 2.40. The molecule has 2 N–H and O–H groups in total. The van der Waals surface area contributed by atoms with Crippen LogP contribution in [0.4, 0.5) is 0 Å². The largest absolute Gasteiger partial charge is 0.395 e. The number of benzene rings is 1. The number of amides is 2. The smallest absolute Gasteiger partial charge is 0.255 e. The Kier molecular flexibility index (Phi) is 3.64. The summed E-state index contributed by atoms with van der Waals surface area (Å²) >= 11 is 0. The topological polar surface area (TPSA) is 69.6 Å². The summed E-state index contributed by atoms with van der Waals surface area (Å²) in [7, 11) is 0. The first-order valence-corrected chi connectivity index (χ1v) is 9.91. The molecule has 1 aromatic carbocycles. The molecule has 26 heavy (non-hydrogen) atoms. The molecular formula is C21H26N2O3. The minimum Gasteiger partial charge on any atom is -0.395 e. The Morgan fingerprint density at radius 1 is 1.12 bits per heavy atom. The summed E-state index contributed by atoms with van der Waals surface area (Å²) in [6.45, 7) is 0.0490. The summed E-state index contributed by atoms with van der Waals surface area (Å²) in [5.74, 6) is 2.05. The monoisotopic (exact) mass is 354 g/mol. The highest BCUT2D eigenvalue weighted by Gasteiger charge is 2.53. The van der Waals surface area contributed by atoms with Gasteiger partial charge in [-0.05, 0) is 67.9 Å². The number of β-amino-alcohol motifs (C(OH)–C–C–N with tert-alkyl or cyclic N) is 1. The van der Waals surface area contributed by atoms with E-state index in [0.717, 1.165) is 42.6 Å². The van der Waals surface area contributed by atoms with E-state index in [-0.39, 0.29) is 30.5 Å². The van der Waals surface area contributed by atoms with E-state index in [9.17, 15) is 14.7 Å². The summed E-state index contributed by atoms with van der Waals surface area (Å²) in [6.07, 6.45) is 7.26. The molecule has 138 valence electrons. The van der Waals surface area contributed by atoms with Gasteiger partial charge < -0.3 is 15.3 Å². The third-order valence-corrected chi connectivity index (χ3v) is 7.07. The van der Waals surface area contributed by atoms with E-state index in [1.807, 2.05) is 18.2 Å². The number of rotatable bonds is 4. The van der Waals surface area contributed by atoms with E-state index in [1.165, 1.54) is 24.2 Å². The second-order valence-corrected chi connectivity index (χ2v) is 8.90. The average Bonchev–Trinajstić information content (AvgIpc) is 2.86. The van der Waals surface area contributed by atoms with Gasteiger partial charge >= 0.3 is 0 Å². The van der Waals surface area contributed by atoms with Crippen molar-refractivity contribution in [2.75, 3.05) is 13.2 Å². The van der Waals surface area contributed by atoms with Gasteiger partial charge in [0.25, 0.3) is 5.91 Å². The molecule has 1 aromatic rings. The maximum atomic E-state index is 13.3. The number of fused-ring (bicyclic) bond motifs is 1. The molecule has 5 heteroatoms. The highest BCUT2D eigenvalue weighted by atomic mass is 16.3. The van der Waals surface area contributed by atoms with Crippen LogP contribution in [0, 0.1) is 17.8 Å². The van der Waals surface area contributed by atoms with E-state index >= 15 is 0 Å². The van der Waals surface area contributed by atoms with Gasteiger partial charge in [0.15, 0.2) is 0 Å². The lowest BCUT2D eigenvalue weighted by atomic mass is 9.53. The number of carbonyl (C=O) groups is 2. The maximum Gasteiger partial charge on any atom is 0.255 e. The molecule has 0 aromatic heterocycles. The molecule has 4 aliphatic carbocycles. The van der Waals surface area contributed by atoms with Crippen LogP contribution in [0.5, 0.6) is 0 Å². The van der Waals surface area contributed by atoms with E-state index in [1.54, 1.807) is 6.07 Å². The van der Waals surface area contributed by atoms with Gasteiger partial charge in [0.2, 0.25) is 5.91 Å². The fourth-order valence-corrected chi connectivity index (χ4v) is 6.58. The second-order valence-electron chi connectivity index (χ2n) is 8.90. The van der Waals surface area contributed by atoms with Gasteiger partial charge in [0.1, 0.15) is 6.04 Å². The van der Waals surface area contributed by atoms with Gasteiger partial charge in [0, 0.05) is 17.6 Å². The van der Waals surface area contributed by atoms with Gasteiger partial charge in [-0.15, -0.1) is 0 Å². The summed E-state index contributed by atoms with van der Waals surface area (Å²) < 4.78 is 0. The van der Waals surface area contributed by atoms with Gasteiger partial charge in [-0.25, -0.2) is 0 Å². The van der Waals surface area contributed by atoms with Crippen molar-refractivity contribution in [1.29, 1.82) is 0 Å². The van der Waals surface area contributed by atoms with Crippen molar-refractivity contribution in [3.05, 3.63) is 35.4 Å². The normalized spacial score (nSPS) is 37.1. The van der Waals surface area contributed by atoms with Crippen LogP contribution in [-0.2, 0) is 4.79 Å². The molecule has 5 aliphatic rings. The Balaban J connectivity index is 1.43. The fourth-order valence-electron chi connectivity index (χ4n) is 6.58. The minimum absolute atomic E-state index is 0.0706. The van der Waals surface area contributed by atoms with Gasteiger partial charge in [-0.2, -0.15) is 0 Å². The molecule has 1 atom stereocenters. The number of hydrogen-bond donors (Lipinski definition) is 2. The van der Waals surface area contributed by atoms with Crippen LogP contribution in [0.2, 0.25) is 0 Å². The Morgan fingerprint density at radius 2 is 1.73 bits per heavy atom. The van der Waals surface area contributed by atoms with Crippen molar-refractivity contribution in [2.24, 2.45) is 17.8 Å². The first kappa shape index (κ1) is 16.3. The quantitative estimate of drug-likeness (QED) is 0.871. The van der Waals surface area contributed by atoms with Crippen molar-refractivity contribution in [3.8, 4) is 0 Å². The van der Waals surface area contributed by atoms with Crippen LogP contribution in [0.15, 0.2) is 24.3 Å². The van der Waals surface area contributed by atoms with Crippen LogP contribution >= 0.6 is 0 Å². The molecule has 0 spiro atoms.